The van der Waals surface area contributed by atoms with E-state index < -0.39 is 11.9 Å². The summed E-state index contributed by atoms with van der Waals surface area (Å²) in [6.45, 7) is 1.98. The number of phenolic OH excluding ortho intramolecular Hbond substituents is 1. The molecule has 0 saturated carbocycles. The minimum absolute atomic E-state index is 0.0889. The molecule has 7 nitrogen and oxygen atoms in total. The Bertz CT molecular complexity index is 1050. The van der Waals surface area contributed by atoms with Crippen molar-refractivity contribution in [3.8, 4) is 11.5 Å². The fourth-order valence-electron chi connectivity index (χ4n) is 3.72. The summed E-state index contributed by atoms with van der Waals surface area (Å²) >= 11 is 0. The van der Waals surface area contributed by atoms with Crippen LogP contribution in [0.1, 0.15) is 77.3 Å². The van der Waals surface area contributed by atoms with Crippen molar-refractivity contribution in [2.75, 3.05) is 7.11 Å². The van der Waals surface area contributed by atoms with Gasteiger partial charge in [-0.05, 0) is 61.9 Å². The van der Waals surface area contributed by atoms with E-state index in [1.807, 2.05) is 6.08 Å². The van der Waals surface area contributed by atoms with E-state index in [-0.39, 0.29) is 29.8 Å². The zero-order valence-corrected chi connectivity index (χ0v) is 19.5. The molecule has 34 heavy (non-hydrogen) atoms. The van der Waals surface area contributed by atoms with E-state index in [0.717, 1.165) is 12.0 Å². The van der Waals surface area contributed by atoms with E-state index >= 15 is 0 Å². The van der Waals surface area contributed by atoms with Gasteiger partial charge in [-0.25, -0.2) is 9.59 Å². The van der Waals surface area contributed by atoms with Gasteiger partial charge in [-0.15, -0.1) is 0 Å². The van der Waals surface area contributed by atoms with Crippen molar-refractivity contribution in [3.63, 3.8) is 0 Å². The maximum atomic E-state index is 12.8. The Morgan fingerprint density at radius 1 is 1.12 bits per heavy atom. The van der Waals surface area contributed by atoms with E-state index in [2.05, 4.69) is 0 Å². The van der Waals surface area contributed by atoms with Crippen LogP contribution in [0.3, 0.4) is 0 Å². The number of aromatic hydroxyl groups is 1. The molecule has 1 aliphatic rings. The summed E-state index contributed by atoms with van der Waals surface area (Å²) in [5.74, 6) is -0.649. The van der Waals surface area contributed by atoms with Crippen LogP contribution >= 0.6 is 0 Å². The number of methoxy groups -OCH3 is 1. The van der Waals surface area contributed by atoms with Crippen LogP contribution < -0.4 is 4.74 Å². The Morgan fingerprint density at radius 3 is 2.59 bits per heavy atom. The minimum atomic E-state index is -0.613. The molecule has 0 fully saturated rings. The molecular formula is C27H30O7. The third-order valence-electron chi connectivity index (χ3n) is 5.60. The van der Waals surface area contributed by atoms with E-state index in [1.165, 1.54) is 13.2 Å². The van der Waals surface area contributed by atoms with Crippen LogP contribution in [0, 0.1) is 0 Å². The molecule has 2 aromatic carbocycles. The number of benzene rings is 2. The molecule has 2 aromatic rings. The highest BCUT2D eigenvalue weighted by Crippen LogP contribution is 2.31. The van der Waals surface area contributed by atoms with Gasteiger partial charge in [-0.2, -0.15) is 0 Å². The first-order valence-electron chi connectivity index (χ1n) is 11.4. The Kier molecular flexibility index (Phi) is 8.85. The molecule has 3 rings (SSSR count). The quantitative estimate of drug-likeness (QED) is 0.615. The van der Waals surface area contributed by atoms with E-state index in [0.29, 0.717) is 49.0 Å². The molecule has 0 radical (unpaired) electrons. The summed E-state index contributed by atoms with van der Waals surface area (Å²) in [7, 11) is 1.33. The topological polar surface area (TPSA) is 99.1 Å². The summed E-state index contributed by atoms with van der Waals surface area (Å²) in [6.07, 6.45) is 6.91. The van der Waals surface area contributed by atoms with Gasteiger partial charge in [0.25, 0.3) is 0 Å². The van der Waals surface area contributed by atoms with Gasteiger partial charge in [0.05, 0.1) is 18.8 Å². The number of hydrogen-bond donors (Lipinski definition) is 1. The average Bonchev–Trinajstić information content (AvgIpc) is 2.81. The minimum Gasteiger partial charge on any atom is -0.507 e. The number of cyclic esters (lactones) is 1. The molecule has 1 N–H and O–H groups in total. The Balaban J connectivity index is 1.80. The van der Waals surface area contributed by atoms with Crippen LogP contribution in [0.15, 0.2) is 42.5 Å². The summed E-state index contributed by atoms with van der Waals surface area (Å²) in [5, 5.41) is 10.6. The monoisotopic (exact) mass is 466 g/mol. The van der Waals surface area contributed by atoms with Gasteiger partial charge in [0.2, 0.25) is 0 Å². The predicted molar refractivity (Wildman–Crippen MR) is 127 cm³/mol. The van der Waals surface area contributed by atoms with E-state index in [4.69, 9.17) is 14.2 Å². The first kappa shape index (κ1) is 25.0. The second-order valence-electron chi connectivity index (χ2n) is 8.33. The normalized spacial score (nSPS) is 17.3. The van der Waals surface area contributed by atoms with Gasteiger partial charge in [-0.3, -0.25) is 4.79 Å². The van der Waals surface area contributed by atoms with Gasteiger partial charge in [0, 0.05) is 18.9 Å². The largest absolute Gasteiger partial charge is 0.507 e. The lowest BCUT2D eigenvalue weighted by Crippen LogP contribution is -2.17. The molecule has 1 heterocycles. The Hall–Kier alpha value is -3.61. The number of hydrogen-bond acceptors (Lipinski definition) is 7. The molecule has 0 aromatic heterocycles. The van der Waals surface area contributed by atoms with E-state index in [1.54, 1.807) is 43.3 Å². The second kappa shape index (κ2) is 12.0. The number of ether oxygens (including phenoxy) is 3. The molecule has 0 aliphatic carbocycles. The third kappa shape index (κ3) is 6.94. The fourth-order valence-corrected chi connectivity index (χ4v) is 3.72. The number of allylic oxidation sites excluding steroid dienone is 1. The van der Waals surface area contributed by atoms with Crippen molar-refractivity contribution in [1.29, 1.82) is 0 Å². The number of carbonyl (C=O) groups is 3. The smallest absolute Gasteiger partial charge is 0.342 e. The summed E-state index contributed by atoms with van der Waals surface area (Å²) in [4.78, 5) is 36.3. The zero-order valence-electron chi connectivity index (χ0n) is 19.5. The van der Waals surface area contributed by atoms with Crippen molar-refractivity contribution in [3.05, 3.63) is 64.7 Å². The summed E-state index contributed by atoms with van der Waals surface area (Å²) in [5.41, 5.74) is 1.83. The van der Waals surface area contributed by atoms with Gasteiger partial charge in [0.15, 0.2) is 0 Å². The first-order chi connectivity index (χ1) is 16.4. The first-order valence-corrected chi connectivity index (χ1v) is 11.4. The van der Waals surface area contributed by atoms with Crippen LogP contribution in [0.2, 0.25) is 0 Å². The van der Waals surface area contributed by atoms with Crippen LogP contribution in [-0.2, 0) is 20.9 Å². The van der Waals surface area contributed by atoms with Crippen LogP contribution in [0.4, 0.5) is 0 Å². The molecule has 0 bridgehead atoms. The van der Waals surface area contributed by atoms with Crippen molar-refractivity contribution in [2.45, 2.75) is 58.2 Å². The van der Waals surface area contributed by atoms with Crippen molar-refractivity contribution in [2.24, 2.45) is 0 Å². The third-order valence-corrected chi connectivity index (χ3v) is 5.60. The maximum Gasteiger partial charge on any atom is 0.342 e. The number of fused-ring (bicyclic) bond motifs is 1. The van der Waals surface area contributed by atoms with Crippen LogP contribution in [-0.4, -0.2) is 36.0 Å². The number of Topliss-reactive ketones (excluding diaryl/α,β-unsaturated/α-hetero) is 1. The van der Waals surface area contributed by atoms with Gasteiger partial charge < -0.3 is 19.3 Å². The Morgan fingerprint density at radius 2 is 1.85 bits per heavy atom. The number of esters is 2. The van der Waals surface area contributed by atoms with Crippen molar-refractivity contribution in [1.82, 2.24) is 0 Å². The predicted octanol–water partition coefficient (Wildman–Crippen LogP) is 5.24. The lowest BCUT2D eigenvalue weighted by Gasteiger charge is -2.16. The lowest BCUT2D eigenvalue weighted by atomic mass is 10.0. The summed E-state index contributed by atoms with van der Waals surface area (Å²) < 4.78 is 16.1. The molecular weight excluding hydrogens is 436 g/mol. The van der Waals surface area contributed by atoms with E-state index in [9.17, 15) is 19.5 Å². The van der Waals surface area contributed by atoms with Crippen LogP contribution in [0.25, 0.3) is 6.08 Å². The molecule has 0 unspecified atom stereocenters. The zero-order chi connectivity index (χ0) is 24.5. The highest BCUT2D eigenvalue weighted by atomic mass is 16.5. The second-order valence-corrected chi connectivity index (χ2v) is 8.33. The fraction of sp³-hybridized carbons (Fsp3) is 0.370. The molecule has 0 saturated heterocycles. The van der Waals surface area contributed by atoms with Gasteiger partial charge in [0.1, 0.15) is 29.5 Å². The molecule has 0 amide bonds. The highest BCUT2D eigenvalue weighted by molar-refractivity contribution is 5.97. The number of rotatable bonds is 4. The lowest BCUT2D eigenvalue weighted by molar-refractivity contribution is -0.119. The molecule has 0 spiro atoms. The molecule has 1 aliphatic heterocycles. The van der Waals surface area contributed by atoms with Gasteiger partial charge in [-0.1, -0.05) is 24.3 Å². The highest BCUT2D eigenvalue weighted by Gasteiger charge is 2.21. The maximum absolute atomic E-state index is 12.8. The average molecular weight is 467 g/mol. The molecule has 7 heteroatoms. The van der Waals surface area contributed by atoms with Gasteiger partial charge >= 0.3 is 11.9 Å². The van der Waals surface area contributed by atoms with Crippen molar-refractivity contribution < 1.29 is 33.7 Å². The number of ketones is 1. The number of phenols is 1. The van der Waals surface area contributed by atoms with Crippen LogP contribution in [0.5, 0.6) is 11.5 Å². The van der Waals surface area contributed by atoms with Crippen molar-refractivity contribution >= 4 is 23.8 Å². The number of carbonyl (C=O) groups excluding carboxylic acids is 3. The Labute approximate surface area is 199 Å². The standard InChI is InChI=1S/C27H30O7/c1-18-7-6-10-22(28)9-5-3-4-8-21-15-23(16-24(29)25(21)27(31)34-18)33-17-19-11-13-20(14-12-19)26(30)32-2/h4,8,11-16,18,29H,3,5-7,9-10,17H2,1-2H3/t18-/m1/s1. The summed E-state index contributed by atoms with van der Waals surface area (Å²) in [6, 6.07) is 9.88. The SMILES string of the molecule is COC(=O)c1ccc(COc2cc(O)c3c(c2)C=CCCCC(=O)CCC[C@@H](C)OC3=O)cc1. The molecule has 180 valence electrons. The molecule has 1 atom stereocenters.